The lowest BCUT2D eigenvalue weighted by Crippen LogP contribution is -2.17. The van der Waals surface area contributed by atoms with E-state index in [4.69, 9.17) is 10.5 Å². The summed E-state index contributed by atoms with van der Waals surface area (Å²) in [6.45, 7) is 0. The van der Waals surface area contributed by atoms with Gasteiger partial charge in [-0.3, -0.25) is 4.98 Å². The first kappa shape index (κ1) is 13.9. The first-order valence-corrected chi connectivity index (χ1v) is 5.41. The molecule has 1 aromatic heterocycles. The van der Waals surface area contributed by atoms with Crippen molar-refractivity contribution in [1.82, 2.24) is 9.97 Å². The molecular formula is C12H10F3N3O2. The number of rotatable bonds is 3. The molecule has 0 saturated carbocycles. The van der Waals surface area contributed by atoms with Crippen molar-refractivity contribution in [2.75, 3.05) is 12.8 Å². The van der Waals surface area contributed by atoms with Crippen molar-refractivity contribution in [2.45, 2.75) is 6.36 Å². The molecule has 2 N–H and O–H groups in total. The maximum absolute atomic E-state index is 12.1. The van der Waals surface area contributed by atoms with Gasteiger partial charge in [-0.15, -0.1) is 13.2 Å². The van der Waals surface area contributed by atoms with Gasteiger partial charge >= 0.3 is 6.36 Å². The molecule has 0 bridgehead atoms. The second-order valence-electron chi connectivity index (χ2n) is 3.74. The van der Waals surface area contributed by atoms with Crippen molar-refractivity contribution in [3.05, 3.63) is 30.6 Å². The van der Waals surface area contributed by atoms with E-state index in [1.807, 2.05) is 0 Å². The van der Waals surface area contributed by atoms with E-state index in [0.717, 1.165) is 6.07 Å². The summed E-state index contributed by atoms with van der Waals surface area (Å²) in [4.78, 5) is 7.89. The summed E-state index contributed by atoms with van der Waals surface area (Å²) in [7, 11) is 1.33. The molecular weight excluding hydrogens is 275 g/mol. The van der Waals surface area contributed by atoms with Gasteiger partial charge in [-0.1, -0.05) is 0 Å². The van der Waals surface area contributed by atoms with Gasteiger partial charge in [-0.05, 0) is 12.1 Å². The van der Waals surface area contributed by atoms with Gasteiger partial charge in [-0.25, -0.2) is 4.98 Å². The number of nitrogen functional groups attached to an aromatic ring is 1. The molecule has 0 amide bonds. The Morgan fingerprint density at radius 3 is 2.45 bits per heavy atom. The molecule has 8 heteroatoms. The van der Waals surface area contributed by atoms with Crippen molar-refractivity contribution in [3.8, 4) is 22.8 Å². The minimum Gasteiger partial charge on any atom is -0.496 e. The summed E-state index contributed by atoms with van der Waals surface area (Å²) in [6.07, 6.45) is -2.01. The maximum Gasteiger partial charge on any atom is 0.573 e. The Bertz CT molecular complexity index is 600. The van der Waals surface area contributed by atoms with Gasteiger partial charge in [-0.2, -0.15) is 0 Å². The molecule has 20 heavy (non-hydrogen) atoms. The predicted octanol–water partition coefficient (Wildman–Crippen LogP) is 2.63. The highest BCUT2D eigenvalue weighted by Crippen LogP contribution is 2.33. The maximum atomic E-state index is 12.1. The molecule has 0 saturated heterocycles. The number of alkyl halides is 3. The van der Waals surface area contributed by atoms with E-state index in [-0.39, 0.29) is 17.3 Å². The molecule has 0 fully saturated rings. The first-order valence-electron chi connectivity index (χ1n) is 5.41. The van der Waals surface area contributed by atoms with Crippen LogP contribution in [-0.2, 0) is 0 Å². The van der Waals surface area contributed by atoms with E-state index in [9.17, 15) is 13.2 Å². The van der Waals surface area contributed by atoms with Crippen LogP contribution < -0.4 is 15.2 Å². The smallest absolute Gasteiger partial charge is 0.496 e. The summed E-state index contributed by atoms with van der Waals surface area (Å²) < 4.78 is 45.3. The Morgan fingerprint density at radius 1 is 1.15 bits per heavy atom. The standard InChI is InChI=1S/C12H10F3N3O2/c1-19-10-4-7(20-12(13,14)15)2-3-8(10)9-5-18-11(16)6-17-9/h2-6H,1H3,(H2,16,18). The summed E-state index contributed by atoms with van der Waals surface area (Å²) in [5, 5.41) is 0. The largest absolute Gasteiger partial charge is 0.573 e. The molecule has 5 nitrogen and oxygen atoms in total. The SMILES string of the molecule is COc1cc(OC(F)(F)F)ccc1-c1cnc(N)cn1. The summed E-state index contributed by atoms with van der Waals surface area (Å²) in [5.74, 6) is 0.0528. The zero-order valence-corrected chi connectivity index (χ0v) is 10.3. The molecule has 0 aliphatic rings. The number of benzene rings is 1. The number of nitrogens with two attached hydrogens (primary N) is 1. The fourth-order valence-electron chi connectivity index (χ4n) is 1.56. The molecule has 106 valence electrons. The van der Waals surface area contributed by atoms with Gasteiger partial charge in [0.05, 0.1) is 25.2 Å². The number of methoxy groups -OCH3 is 1. The number of halogens is 3. The van der Waals surface area contributed by atoms with Crippen LogP contribution in [0.15, 0.2) is 30.6 Å². The van der Waals surface area contributed by atoms with Crippen LogP contribution in [0.4, 0.5) is 19.0 Å². The molecule has 2 rings (SSSR count). The number of nitrogens with zero attached hydrogens (tertiary/aromatic N) is 2. The molecule has 0 aliphatic carbocycles. The Balaban J connectivity index is 2.37. The average molecular weight is 285 g/mol. The van der Waals surface area contributed by atoms with Crippen LogP contribution in [-0.4, -0.2) is 23.4 Å². The monoisotopic (exact) mass is 285 g/mol. The minimum atomic E-state index is -4.76. The molecule has 0 aliphatic heterocycles. The van der Waals surface area contributed by atoms with Crippen LogP contribution in [0, 0.1) is 0 Å². The second kappa shape index (κ2) is 5.24. The van der Waals surface area contributed by atoms with Gasteiger partial charge < -0.3 is 15.2 Å². The van der Waals surface area contributed by atoms with Crippen molar-refractivity contribution in [1.29, 1.82) is 0 Å². The van der Waals surface area contributed by atoms with Gasteiger partial charge in [0.1, 0.15) is 17.3 Å². The highest BCUT2D eigenvalue weighted by molar-refractivity contribution is 5.68. The lowest BCUT2D eigenvalue weighted by Gasteiger charge is -2.12. The first-order chi connectivity index (χ1) is 9.39. The number of anilines is 1. The lowest BCUT2D eigenvalue weighted by atomic mass is 10.1. The van der Waals surface area contributed by atoms with Crippen LogP contribution in [0.5, 0.6) is 11.5 Å². The highest BCUT2D eigenvalue weighted by Gasteiger charge is 2.31. The van der Waals surface area contributed by atoms with E-state index >= 15 is 0 Å². The number of hydrogen-bond donors (Lipinski definition) is 1. The van der Waals surface area contributed by atoms with Gasteiger partial charge in [0, 0.05) is 11.6 Å². The van der Waals surface area contributed by atoms with Crippen LogP contribution in [0.2, 0.25) is 0 Å². The molecule has 0 spiro atoms. The topological polar surface area (TPSA) is 70.3 Å². The summed E-state index contributed by atoms with van der Waals surface area (Å²) in [6, 6.07) is 3.70. The molecule has 1 aromatic carbocycles. The van der Waals surface area contributed by atoms with Crippen molar-refractivity contribution >= 4 is 5.82 Å². The van der Waals surface area contributed by atoms with Crippen LogP contribution >= 0.6 is 0 Å². The van der Waals surface area contributed by atoms with Gasteiger partial charge in [0.25, 0.3) is 0 Å². The second-order valence-corrected chi connectivity index (χ2v) is 3.74. The normalized spacial score (nSPS) is 11.2. The Hall–Kier alpha value is -2.51. The highest BCUT2D eigenvalue weighted by atomic mass is 19.4. The fourth-order valence-corrected chi connectivity index (χ4v) is 1.56. The summed E-state index contributed by atoms with van der Waals surface area (Å²) >= 11 is 0. The fraction of sp³-hybridized carbons (Fsp3) is 0.167. The third-order valence-electron chi connectivity index (χ3n) is 2.35. The Labute approximate surface area is 112 Å². The van der Waals surface area contributed by atoms with Gasteiger partial charge in [0.2, 0.25) is 0 Å². The zero-order valence-electron chi connectivity index (χ0n) is 10.3. The molecule has 0 unspecified atom stereocenters. The van der Waals surface area contributed by atoms with E-state index < -0.39 is 6.36 Å². The zero-order chi connectivity index (χ0) is 14.8. The number of aromatic nitrogens is 2. The molecule has 2 aromatic rings. The van der Waals surface area contributed by atoms with Crippen molar-refractivity contribution < 1.29 is 22.6 Å². The van der Waals surface area contributed by atoms with Crippen molar-refractivity contribution in [2.24, 2.45) is 0 Å². The van der Waals surface area contributed by atoms with E-state index in [0.29, 0.717) is 11.3 Å². The van der Waals surface area contributed by atoms with Gasteiger partial charge in [0.15, 0.2) is 0 Å². The molecule has 0 atom stereocenters. The van der Waals surface area contributed by atoms with Crippen LogP contribution in [0.1, 0.15) is 0 Å². The van der Waals surface area contributed by atoms with E-state index in [1.54, 1.807) is 0 Å². The predicted molar refractivity (Wildman–Crippen MR) is 65.1 cm³/mol. The minimum absolute atomic E-state index is 0.186. The van der Waals surface area contributed by atoms with Crippen LogP contribution in [0.3, 0.4) is 0 Å². The summed E-state index contributed by atoms with van der Waals surface area (Å²) in [5.41, 5.74) is 6.33. The third kappa shape index (κ3) is 3.28. The number of hydrogen-bond acceptors (Lipinski definition) is 5. The Morgan fingerprint density at radius 2 is 1.90 bits per heavy atom. The lowest BCUT2D eigenvalue weighted by molar-refractivity contribution is -0.274. The third-order valence-corrected chi connectivity index (χ3v) is 2.35. The number of ether oxygens (including phenoxy) is 2. The van der Waals surface area contributed by atoms with Crippen LogP contribution in [0.25, 0.3) is 11.3 Å². The molecule has 1 heterocycles. The quantitative estimate of drug-likeness (QED) is 0.938. The van der Waals surface area contributed by atoms with E-state index in [1.165, 1.54) is 31.6 Å². The Kier molecular flexibility index (Phi) is 3.64. The molecule has 0 radical (unpaired) electrons. The average Bonchev–Trinajstić information content (AvgIpc) is 2.38. The van der Waals surface area contributed by atoms with E-state index in [2.05, 4.69) is 14.7 Å². The van der Waals surface area contributed by atoms with Crippen molar-refractivity contribution in [3.63, 3.8) is 0 Å².